The Kier molecular flexibility index (Phi) is 6.42. The third-order valence-electron chi connectivity index (χ3n) is 2.24. The van der Waals surface area contributed by atoms with E-state index in [0.717, 1.165) is 0 Å². The molecule has 86 valence electrons. The molecule has 15 heavy (non-hydrogen) atoms. The van der Waals surface area contributed by atoms with Gasteiger partial charge in [0.2, 0.25) is 5.91 Å². The second-order valence-electron chi connectivity index (χ2n) is 3.62. The Morgan fingerprint density at radius 2 is 2.07 bits per heavy atom. The molecule has 1 atom stereocenters. The topological polar surface area (TPSA) is 66.4 Å². The Morgan fingerprint density at radius 1 is 1.47 bits per heavy atom. The van der Waals surface area contributed by atoms with Gasteiger partial charge in [-0.15, -0.1) is 0 Å². The molecular formula is C11H19NO3. The molecule has 1 amide bonds. The van der Waals surface area contributed by atoms with Gasteiger partial charge in [-0.2, -0.15) is 0 Å². The van der Waals surface area contributed by atoms with Crippen LogP contribution in [0.3, 0.4) is 0 Å². The summed E-state index contributed by atoms with van der Waals surface area (Å²) in [7, 11) is 0. The first-order chi connectivity index (χ1) is 6.99. The lowest BCUT2D eigenvalue weighted by molar-refractivity contribution is -0.142. The van der Waals surface area contributed by atoms with E-state index in [-0.39, 0.29) is 11.8 Å². The monoisotopic (exact) mass is 213 g/mol. The number of aliphatic carboxylic acids is 1. The van der Waals surface area contributed by atoms with Gasteiger partial charge in [0.1, 0.15) is 0 Å². The Bertz CT molecular complexity index is 248. The van der Waals surface area contributed by atoms with Crippen molar-refractivity contribution in [3.63, 3.8) is 0 Å². The highest BCUT2D eigenvalue weighted by atomic mass is 16.4. The molecule has 0 spiro atoms. The van der Waals surface area contributed by atoms with Crippen LogP contribution >= 0.6 is 0 Å². The number of hydrogen-bond donors (Lipinski definition) is 2. The summed E-state index contributed by atoms with van der Waals surface area (Å²) < 4.78 is 0. The maximum absolute atomic E-state index is 11.1. The van der Waals surface area contributed by atoms with Gasteiger partial charge in [0.15, 0.2) is 0 Å². The van der Waals surface area contributed by atoms with Crippen molar-refractivity contribution in [3.8, 4) is 0 Å². The fourth-order valence-electron chi connectivity index (χ4n) is 1.20. The first kappa shape index (κ1) is 13.7. The molecule has 0 rings (SSSR count). The lowest BCUT2D eigenvalue weighted by atomic mass is 10.0. The SMILES string of the molecule is C=C(C)C(=O)NCCCC(CC)C(=O)O. The van der Waals surface area contributed by atoms with Crippen LogP contribution in [0.5, 0.6) is 0 Å². The molecule has 0 aliphatic heterocycles. The van der Waals surface area contributed by atoms with Crippen molar-refractivity contribution in [2.75, 3.05) is 6.54 Å². The molecule has 0 aromatic heterocycles. The Labute approximate surface area is 90.4 Å². The van der Waals surface area contributed by atoms with E-state index in [1.54, 1.807) is 6.92 Å². The molecule has 0 aliphatic carbocycles. The molecule has 0 heterocycles. The van der Waals surface area contributed by atoms with Crippen molar-refractivity contribution < 1.29 is 14.7 Å². The number of carbonyl (C=O) groups excluding carboxylic acids is 1. The van der Waals surface area contributed by atoms with Crippen LogP contribution in [0.4, 0.5) is 0 Å². The lowest BCUT2D eigenvalue weighted by Crippen LogP contribution is -2.25. The zero-order chi connectivity index (χ0) is 11.8. The predicted molar refractivity (Wildman–Crippen MR) is 58.5 cm³/mol. The number of hydrogen-bond acceptors (Lipinski definition) is 2. The van der Waals surface area contributed by atoms with Gasteiger partial charge in [-0.05, 0) is 26.2 Å². The van der Waals surface area contributed by atoms with Gasteiger partial charge < -0.3 is 10.4 Å². The van der Waals surface area contributed by atoms with E-state index in [0.29, 0.717) is 31.4 Å². The van der Waals surface area contributed by atoms with Crippen LogP contribution in [0.2, 0.25) is 0 Å². The minimum atomic E-state index is -0.760. The quantitative estimate of drug-likeness (QED) is 0.498. The molecule has 0 aliphatic rings. The van der Waals surface area contributed by atoms with Crippen LogP contribution in [-0.2, 0) is 9.59 Å². The van der Waals surface area contributed by atoms with E-state index in [2.05, 4.69) is 11.9 Å². The van der Waals surface area contributed by atoms with Crippen LogP contribution in [0, 0.1) is 5.92 Å². The highest BCUT2D eigenvalue weighted by molar-refractivity contribution is 5.91. The molecule has 0 radical (unpaired) electrons. The second-order valence-corrected chi connectivity index (χ2v) is 3.62. The fraction of sp³-hybridized carbons (Fsp3) is 0.636. The second kappa shape index (κ2) is 7.04. The number of nitrogens with one attached hydrogen (secondary N) is 1. The van der Waals surface area contributed by atoms with Crippen molar-refractivity contribution in [3.05, 3.63) is 12.2 Å². The van der Waals surface area contributed by atoms with Gasteiger partial charge in [0.25, 0.3) is 0 Å². The van der Waals surface area contributed by atoms with Crippen LogP contribution in [0.15, 0.2) is 12.2 Å². The summed E-state index contributed by atoms with van der Waals surface area (Å²) in [6.07, 6.45) is 1.91. The summed E-state index contributed by atoms with van der Waals surface area (Å²) >= 11 is 0. The zero-order valence-corrected chi connectivity index (χ0v) is 9.38. The van der Waals surface area contributed by atoms with Crippen molar-refractivity contribution in [2.24, 2.45) is 5.92 Å². The Balaban J connectivity index is 3.66. The van der Waals surface area contributed by atoms with Gasteiger partial charge in [-0.25, -0.2) is 0 Å². The van der Waals surface area contributed by atoms with Crippen LogP contribution in [0.1, 0.15) is 33.1 Å². The summed E-state index contributed by atoms with van der Waals surface area (Å²) in [5, 5.41) is 11.4. The van der Waals surface area contributed by atoms with Crippen molar-refractivity contribution in [2.45, 2.75) is 33.1 Å². The third-order valence-corrected chi connectivity index (χ3v) is 2.24. The van der Waals surface area contributed by atoms with Crippen molar-refractivity contribution in [1.29, 1.82) is 0 Å². The van der Waals surface area contributed by atoms with Gasteiger partial charge in [-0.3, -0.25) is 9.59 Å². The molecule has 0 saturated carbocycles. The van der Waals surface area contributed by atoms with Gasteiger partial charge >= 0.3 is 5.97 Å². The minimum Gasteiger partial charge on any atom is -0.481 e. The van der Waals surface area contributed by atoms with E-state index >= 15 is 0 Å². The van der Waals surface area contributed by atoms with E-state index < -0.39 is 5.97 Å². The molecule has 4 nitrogen and oxygen atoms in total. The average molecular weight is 213 g/mol. The minimum absolute atomic E-state index is 0.168. The number of carboxylic acids is 1. The zero-order valence-electron chi connectivity index (χ0n) is 9.38. The van der Waals surface area contributed by atoms with Crippen LogP contribution < -0.4 is 5.32 Å². The maximum atomic E-state index is 11.1. The van der Waals surface area contributed by atoms with E-state index in [9.17, 15) is 9.59 Å². The summed E-state index contributed by atoms with van der Waals surface area (Å²) in [4.78, 5) is 21.7. The average Bonchev–Trinajstić information content (AvgIpc) is 2.16. The van der Waals surface area contributed by atoms with Gasteiger partial charge in [0.05, 0.1) is 5.92 Å². The van der Waals surface area contributed by atoms with E-state index in [1.807, 2.05) is 6.92 Å². The van der Waals surface area contributed by atoms with E-state index in [1.165, 1.54) is 0 Å². The number of rotatable bonds is 7. The standard InChI is InChI=1S/C11H19NO3/c1-4-9(11(14)15)6-5-7-12-10(13)8(2)3/h9H,2,4-7H2,1,3H3,(H,12,13)(H,14,15). The third kappa shape index (κ3) is 5.88. The molecule has 0 bridgehead atoms. The number of carboxylic acid groups (broad SMARTS) is 1. The molecule has 0 aromatic carbocycles. The largest absolute Gasteiger partial charge is 0.481 e. The van der Waals surface area contributed by atoms with Crippen molar-refractivity contribution >= 4 is 11.9 Å². The van der Waals surface area contributed by atoms with Gasteiger partial charge in [-0.1, -0.05) is 13.5 Å². The first-order valence-corrected chi connectivity index (χ1v) is 5.15. The van der Waals surface area contributed by atoms with Crippen LogP contribution in [0.25, 0.3) is 0 Å². The van der Waals surface area contributed by atoms with E-state index in [4.69, 9.17) is 5.11 Å². The maximum Gasteiger partial charge on any atom is 0.306 e. The highest BCUT2D eigenvalue weighted by Crippen LogP contribution is 2.10. The highest BCUT2D eigenvalue weighted by Gasteiger charge is 2.13. The van der Waals surface area contributed by atoms with Crippen molar-refractivity contribution in [1.82, 2.24) is 5.32 Å². The summed E-state index contributed by atoms with van der Waals surface area (Å²) in [5.41, 5.74) is 0.472. The smallest absolute Gasteiger partial charge is 0.306 e. The summed E-state index contributed by atoms with van der Waals surface area (Å²) in [6.45, 7) is 7.51. The van der Waals surface area contributed by atoms with Crippen LogP contribution in [-0.4, -0.2) is 23.5 Å². The molecular weight excluding hydrogens is 194 g/mol. The molecule has 0 aromatic rings. The Hall–Kier alpha value is -1.32. The molecule has 0 fully saturated rings. The molecule has 1 unspecified atom stereocenters. The summed E-state index contributed by atoms with van der Waals surface area (Å²) in [6, 6.07) is 0. The molecule has 2 N–H and O–H groups in total. The normalized spacial score (nSPS) is 11.9. The fourth-order valence-corrected chi connectivity index (χ4v) is 1.20. The predicted octanol–water partition coefficient (Wildman–Crippen LogP) is 1.57. The van der Waals surface area contributed by atoms with Gasteiger partial charge in [0, 0.05) is 12.1 Å². The lowest BCUT2D eigenvalue weighted by Gasteiger charge is -2.09. The summed E-state index contributed by atoms with van der Waals surface area (Å²) in [5.74, 6) is -1.23. The molecule has 4 heteroatoms. The number of amides is 1. The molecule has 0 saturated heterocycles. The first-order valence-electron chi connectivity index (χ1n) is 5.15. The number of carbonyl (C=O) groups is 2. The Morgan fingerprint density at radius 3 is 2.47 bits per heavy atom.